The lowest BCUT2D eigenvalue weighted by molar-refractivity contribution is 0.0477. The number of amides is 1. The Labute approximate surface area is 125 Å². The van der Waals surface area contributed by atoms with Crippen LogP contribution in [0.3, 0.4) is 0 Å². The van der Waals surface area contributed by atoms with Crippen molar-refractivity contribution in [3.8, 4) is 0 Å². The molecule has 1 atom stereocenters. The molecule has 1 saturated heterocycles. The van der Waals surface area contributed by atoms with Gasteiger partial charge in [0, 0.05) is 20.1 Å². The maximum absolute atomic E-state index is 12.6. The number of aliphatic hydroxyl groups is 1. The van der Waals surface area contributed by atoms with Gasteiger partial charge in [-0.15, -0.1) is 11.3 Å². The average Bonchev–Trinajstić information content (AvgIpc) is 2.80. The number of aryl methyl sites for hydroxylation is 2. The van der Waals surface area contributed by atoms with E-state index in [-0.39, 0.29) is 11.5 Å². The number of β-amino-alcohol motifs (C(OH)–C–C–N with tert-alkyl or cyclic N) is 1. The number of hydrogen-bond donors (Lipinski definition) is 1. The molecule has 0 saturated carbocycles. The fourth-order valence-electron chi connectivity index (χ4n) is 2.70. The van der Waals surface area contributed by atoms with E-state index < -0.39 is 6.10 Å². The lowest BCUT2D eigenvalue weighted by atomic mass is 10.1. The summed E-state index contributed by atoms with van der Waals surface area (Å²) < 4.78 is 1.42. The molecule has 0 radical (unpaired) electrons. The van der Waals surface area contributed by atoms with Crippen molar-refractivity contribution in [1.29, 1.82) is 0 Å². The quantitative estimate of drug-likeness (QED) is 0.849. The average molecular weight is 307 g/mol. The summed E-state index contributed by atoms with van der Waals surface area (Å²) in [7, 11) is 1.65. The van der Waals surface area contributed by atoms with Gasteiger partial charge in [0.2, 0.25) is 0 Å². The maximum Gasteiger partial charge on any atom is 0.264 e. The topological polar surface area (TPSA) is 75.4 Å². The van der Waals surface area contributed by atoms with Gasteiger partial charge in [-0.1, -0.05) is 0 Å². The first-order chi connectivity index (χ1) is 9.99. The minimum atomic E-state index is -0.455. The molecule has 0 aliphatic carbocycles. The molecule has 0 aromatic carbocycles. The molecular formula is C14H17N3O3S. The molecular weight excluding hydrogens is 290 g/mol. The zero-order chi connectivity index (χ0) is 15.1. The van der Waals surface area contributed by atoms with Crippen molar-refractivity contribution < 1.29 is 9.90 Å². The Morgan fingerprint density at radius 3 is 3.00 bits per heavy atom. The number of hydrogen-bond acceptors (Lipinski definition) is 5. The molecule has 1 fully saturated rings. The molecule has 7 heteroatoms. The van der Waals surface area contributed by atoms with Crippen LogP contribution in [0.5, 0.6) is 0 Å². The van der Waals surface area contributed by atoms with E-state index in [1.165, 1.54) is 22.2 Å². The van der Waals surface area contributed by atoms with Crippen molar-refractivity contribution >= 4 is 27.5 Å². The van der Waals surface area contributed by atoms with Gasteiger partial charge in [-0.25, -0.2) is 4.98 Å². The van der Waals surface area contributed by atoms with Crippen LogP contribution in [0.25, 0.3) is 10.2 Å². The molecule has 112 valence electrons. The number of thiophene rings is 1. The van der Waals surface area contributed by atoms with Gasteiger partial charge in [0.25, 0.3) is 11.5 Å². The van der Waals surface area contributed by atoms with Gasteiger partial charge in [-0.3, -0.25) is 9.59 Å². The van der Waals surface area contributed by atoms with Gasteiger partial charge in [0.05, 0.1) is 22.7 Å². The second-order valence-corrected chi connectivity index (χ2v) is 6.44. The molecule has 21 heavy (non-hydrogen) atoms. The van der Waals surface area contributed by atoms with Crippen molar-refractivity contribution in [2.45, 2.75) is 25.9 Å². The molecule has 6 nitrogen and oxygen atoms in total. The number of nitrogens with zero attached hydrogens (tertiary/aromatic N) is 3. The molecule has 1 amide bonds. The van der Waals surface area contributed by atoms with Crippen LogP contribution >= 0.6 is 11.3 Å². The fraction of sp³-hybridized carbons (Fsp3) is 0.500. The van der Waals surface area contributed by atoms with Crippen LogP contribution < -0.4 is 5.56 Å². The van der Waals surface area contributed by atoms with Gasteiger partial charge >= 0.3 is 0 Å². The molecule has 1 aliphatic rings. The minimum Gasteiger partial charge on any atom is -0.391 e. The van der Waals surface area contributed by atoms with Gasteiger partial charge in [0.1, 0.15) is 4.83 Å². The van der Waals surface area contributed by atoms with Crippen LogP contribution in [0.1, 0.15) is 28.1 Å². The molecule has 1 unspecified atom stereocenters. The Morgan fingerprint density at radius 1 is 1.52 bits per heavy atom. The highest BCUT2D eigenvalue weighted by Gasteiger charge is 2.27. The lowest BCUT2D eigenvalue weighted by Gasteiger charge is -2.29. The Kier molecular flexibility index (Phi) is 3.54. The number of rotatable bonds is 1. The molecule has 3 heterocycles. The third-order valence-corrected chi connectivity index (χ3v) is 5.08. The zero-order valence-corrected chi connectivity index (χ0v) is 12.8. The smallest absolute Gasteiger partial charge is 0.264 e. The van der Waals surface area contributed by atoms with Crippen molar-refractivity contribution in [1.82, 2.24) is 14.5 Å². The van der Waals surface area contributed by atoms with E-state index in [4.69, 9.17) is 0 Å². The lowest BCUT2D eigenvalue weighted by Crippen LogP contribution is -2.42. The normalized spacial score (nSPS) is 19.2. The van der Waals surface area contributed by atoms with E-state index in [1.54, 1.807) is 18.9 Å². The predicted molar refractivity (Wildman–Crippen MR) is 80.7 cm³/mol. The summed E-state index contributed by atoms with van der Waals surface area (Å²) in [5.41, 5.74) is 0.556. The van der Waals surface area contributed by atoms with Crippen LogP contribution in [-0.2, 0) is 7.05 Å². The third-order valence-electron chi connectivity index (χ3n) is 3.89. The summed E-state index contributed by atoms with van der Waals surface area (Å²) in [4.78, 5) is 31.8. The number of aromatic nitrogens is 2. The van der Waals surface area contributed by atoms with Crippen LogP contribution in [0.15, 0.2) is 11.1 Å². The van der Waals surface area contributed by atoms with Crippen LogP contribution in [-0.4, -0.2) is 44.7 Å². The Hall–Kier alpha value is -1.73. The Morgan fingerprint density at radius 2 is 2.29 bits per heavy atom. The SMILES string of the molecule is Cc1c(C(=O)N2CCCC(O)C2)sc2ncn(C)c(=O)c12. The van der Waals surface area contributed by atoms with E-state index >= 15 is 0 Å². The van der Waals surface area contributed by atoms with Gasteiger partial charge < -0.3 is 14.6 Å². The van der Waals surface area contributed by atoms with Crippen molar-refractivity contribution in [3.63, 3.8) is 0 Å². The number of carbonyl (C=O) groups is 1. The molecule has 1 N–H and O–H groups in total. The van der Waals surface area contributed by atoms with Crippen LogP contribution in [0.2, 0.25) is 0 Å². The van der Waals surface area contributed by atoms with Crippen molar-refractivity contribution in [2.75, 3.05) is 13.1 Å². The highest BCUT2D eigenvalue weighted by Crippen LogP contribution is 2.28. The largest absolute Gasteiger partial charge is 0.391 e. The second kappa shape index (κ2) is 5.23. The van der Waals surface area contributed by atoms with E-state index in [9.17, 15) is 14.7 Å². The summed E-state index contributed by atoms with van der Waals surface area (Å²) in [6, 6.07) is 0. The monoisotopic (exact) mass is 307 g/mol. The van der Waals surface area contributed by atoms with Crippen molar-refractivity contribution in [2.24, 2.45) is 7.05 Å². The van der Waals surface area contributed by atoms with E-state index in [0.29, 0.717) is 33.7 Å². The first kappa shape index (κ1) is 14.2. The molecule has 2 aromatic rings. The predicted octanol–water partition coefficient (Wildman–Crippen LogP) is 0.900. The van der Waals surface area contributed by atoms with E-state index in [1.807, 2.05) is 0 Å². The number of piperidine rings is 1. The van der Waals surface area contributed by atoms with Gasteiger partial charge in [-0.05, 0) is 25.3 Å². The van der Waals surface area contributed by atoms with E-state index in [0.717, 1.165) is 12.8 Å². The fourth-order valence-corrected chi connectivity index (χ4v) is 3.80. The molecule has 3 rings (SSSR count). The summed E-state index contributed by atoms with van der Waals surface area (Å²) in [6.45, 7) is 2.79. The number of likely N-dealkylation sites (tertiary alicyclic amines) is 1. The molecule has 1 aliphatic heterocycles. The second-order valence-electron chi connectivity index (χ2n) is 5.44. The third kappa shape index (κ3) is 2.36. The van der Waals surface area contributed by atoms with E-state index in [2.05, 4.69) is 4.98 Å². The Bertz CT molecular complexity index is 765. The standard InChI is InChI=1S/C14H17N3O3S/c1-8-10-12(15-7-16(2)13(10)19)21-11(8)14(20)17-5-3-4-9(18)6-17/h7,9,18H,3-6H2,1-2H3. The maximum atomic E-state index is 12.6. The van der Waals surface area contributed by atoms with Crippen LogP contribution in [0.4, 0.5) is 0 Å². The molecule has 0 bridgehead atoms. The van der Waals surface area contributed by atoms with Gasteiger partial charge in [0.15, 0.2) is 0 Å². The molecule has 2 aromatic heterocycles. The highest BCUT2D eigenvalue weighted by molar-refractivity contribution is 7.20. The number of aliphatic hydroxyl groups excluding tert-OH is 1. The summed E-state index contributed by atoms with van der Waals surface area (Å²) in [5.74, 6) is -0.115. The summed E-state index contributed by atoms with van der Waals surface area (Å²) >= 11 is 1.25. The number of carbonyl (C=O) groups excluding carboxylic acids is 1. The first-order valence-corrected chi connectivity index (χ1v) is 7.72. The Balaban J connectivity index is 2.05. The highest BCUT2D eigenvalue weighted by atomic mass is 32.1. The zero-order valence-electron chi connectivity index (χ0n) is 12.0. The molecule has 0 spiro atoms. The van der Waals surface area contributed by atoms with Crippen molar-refractivity contribution in [3.05, 3.63) is 27.1 Å². The summed E-state index contributed by atoms with van der Waals surface area (Å²) in [5, 5.41) is 10.2. The first-order valence-electron chi connectivity index (χ1n) is 6.91. The minimum absolute atomic E-state index is 0.115. The van der Waals surface area contributed by atoms with Gasteiger partial charge in [-0.2, -0.15) is 0 Å². The summed E-state index contributed by atoms with van der Waals surface area (Å²) in [6.07, 6.45) is 2.55. The van der Waals surface area contributed by atoms with Crippen LogP contribution in [0, 0.1) is 6.92 Å². The number of fused-ring (bicyclic) bond motifs is 1.